The summed E-state index contributed by atoms with van der Waals surface area (Å²) < 4.78 is 0. The second-order valence-corrected chi connectivity index (χ2v) is 5.98. The Balaban J connectivity index is 2.55. The lowest BCUT2D eigenvalue weighted by atomic mass is 9.95. The number of piperazine rings is 1. The maximum Gasteiger partial charge on any atom is 0.0277 e. The number of likely N-dealkylation sites (N-methyl/N-ethyl adjacent to an activating group) is 1. The molecule has 96 valence electrons. The predicted octanol–water partition coefficient (Wildman–Crippen LogP) is 1.26. The lowest BCUT2D eigenvalue weighted by Crippen LogP contribution is -2.60. The van der Waals surface area contributed by atoms with Crippen LogP contribution in [0.4, 0.5) is 0 Å². The van der Waals surface area contributed by atoms with E-state index in [1.54, 1.807) is 0 Å². The van der Waals surface area contributed by atoms with E-state index in [4.69, 9.17) is 0 Å². The SMILES string of the molecule is CNCC(C)C(C)N1CCN(C)C(C)(C)C1. The standard InChI is InChI=1S/C13H29N3/c1-11(9-14-5)12(2)16-8-7-15(6)13(3,4)10-16/h11-12,14H,7-10H2,1-6H3. The van der Waals surface area contributed by atoms with Crippen molar-refractivity contribution in [3.63, 3.8) is 0 Å². The molecule has 1 heterocycles. The van der Waals surface area contributed by atoms with Crippen LogP contribution in [0.3, 0.4) is 0 Å². The minimum absolute atomic E-state index is 0.311. The van der Waals surface area contributed by atoms with Crippen LogP contribution in [0.2, 0.25) is 0 Å². The monoisotopic (exact) mass is 227 g/mol. The maximum absolute atomic E-state index is 3.28. The Hall–Kier alpha value is -0.120. The van der Waals surface area contributed by atoms with E-state index in [2.05, 4.69) is 49.9 Å². The number of rotatable bonds is 4. The number of nitrogens with zero attached hydrogens (tertiary/aromatic N) is 2. The lowest BCUT2D eigenvalue weighted by Gasteiger charge is -2.48. The fourth-order valence-corrected chi connectivity index (χ4v) is 2.48. The highest BCUT2D eigenvalue weighted by atomic mass is 15.3. The van der Waals surface area contributed by atoms with Crippen LogP contribution in [-0.4, -0.2) is 61.7 Å². The Morgan fingerprint density at radius 1 is 1.25 bits per heavy atom. The van der Waals surface area contributed by atoms with Crippen molar-refractivity contribution < 1.29 is 0 Å². The van der Waals surface area contributed by atoms with E-state index in [0.717, 1.165) is 6.54 Å². The van der Waals surface area contributed by atoms with Crippen molar-refractivity contribution in [3.05, 3.63) is 0 Å². The summed E-state index contributed by atoms with van der Waals surface area (Å²) in [4.78, 5) is 5.11. The van der Waals surface area contributed by atoms with Gasteiger partial charge in [-0.1, -0.05) is 6.92 Å². The summed E-state index contributed by atoms with van der Waals surface area (Å²) in [5, 5.41) is 3.28. The molecule has 0 radical (unpaired) electrons. The predicted molar refractivity (Wildman–Crippen MR) is 70.8 cm³/mol. The van der Waals surface area contributed by atoms with Gasteiger partial charge in [-0.25, -0.2) is 0 Å². The zero-order valence-electron chi connectivity index (χ0n) is 11.9. The first-order valence-electron chi connectivity index (χ1n) is 6.48. The van der Waals surface area contributed by atoms with E-state index in [-0.39, 0.29) is 0 Å². The van der Waals surface area contributed by atoms with Gasteiger partial charge >= 0.3 is 0 Å². The summed E-state index contributed by atoms with van der Waals surface area (Å²) in [6.07, 6.45) is 0. The molecule has 0 aromatic carbocycles. The van der Waals surface area contributed by atoms with Crippen molar-refractivity contribution in [2.24, 2.45) is 5.92 Å². The third-order valence-corrected chi connectivity index (χ3v) is 4.27. The van der Waals surface area contributed by atoms with E-state index >= 15 is 0 Å². The van der Waals surface area contributed by atoms with Crippen LogP contribution in [0, 0.1) is 5.92 Å². The molecular weight excluding hydrogens is 198 g/mol. The Kier molecular flexibility index (Phi) is 4.77. The van der Waals surface area contributed by atoms with Crippen LogP contribution in [0.5, 0.6) is 0 Å². The molecule has 0 saturated carbocycles. The summed E-state index contributed by atoms with van der Waals surface area (Å²) in [7, 11) is 4.27. The average Bonchev–Trinajstić information content (AvgIpc) is 2.21. The van der Waals surface area contributed by atoms with Gasteiger partial charge in [0.2, 0.25) is 0 Å². The molecule has 1 N–H and O–H groups in total. The van der Waals surface area contributed by atoms with E-state index in [9.17, 15) is 0 Å². The van der Waals surface area contributed by atoms with E-state index in [0.29, 0.717) is 17.5 Å². The van der Waals surface area contributed by atoms with Gasteiger partial charge < -0.3 is 5.32 Å². The van der Waals surface area contributed by atoms with Gasteiger partial charge in [-0.05, 0) is 47.3 Å². The van der Waals surface area contributed by atoms with Crippen molar-refractivity contribution in [1.29, 1.82) is 0 Å². The van der Waals surface area contributed by atoms with Gasteiger partial charge in [0.25, 0.3) is 0 Å². The van der Waals surface area contributed by atoms with Gasteiger partial charge in [0.15, 0.2) is 0 Å². The minimum Gasteiger partial charge on any atom is -0.319 e. The van der Waals surface area contributed by atoms with Gasteiger partial charge in [-0.15, -0.1) is 0 Å². The average molecular weight is 227 g/mol. The summed E-state index contributed by atoms with van der Waals surface area (Å²) in [6, 6.07) is 0.667. The van der Waals surface area contributed by atoms with Crippen molar-refractivity contribution in [2.45, 2.75) is 39.3 Å². The Morgan fingerprint density at radius 3 is 2.38 bits per heavy atom. The highest BCUT2D eigenvalue weighted by Gasteiger charge is 2.33. The molecule has 1 rings (SSSR count). The molecule has 0 aliphatic carbocycles. The third kappa shape index (κ3) is 3.19. The molecule has 0 aromatic heterocycles. The molecular formula is C13H29N3. The highest BCUT2D eigenvalue weighted by molar-refractivity contribution is 4.91. The van der Waals surface area contributed by atoms with Gasteiger partial charge in [-0.2, -0.15) is 0 Å². The van der Waals surface area contributed by atoms with Crippen LogP contribution >= 0.6 is 0 Å². The fraction of sp³-hybridized carbons (Fsp3) is 1.00. The summed E-state index contributed by atoms with van der Waals surface area (Å²) in [5.74, 6) is 0.712. The fourth-order valence-electron chi connectivity index (χ4n) is 2.48. The molecule has 16 heavy (non-hydrogen) atoms. The van der Waals surface area contributed by atoms with Crippen LogP contribution < -0.4 is 5.32 Å². The largest absolute Gasteiger partial charge is 0.319 e. The number of nitrogens with one attached hydrogen (secondary N) is 1. The van der Waals surface area contributed by atoms with Gasteiger partial charge in [-0.3, -0.25) is 9.80 Å². The minimum atomic E-state index is 0.311. The Labute approximate surface area is 101 Å². The van der Waals surface area contributed by atoms with E-state index in [1.807, 2.05) is 7.05 Å². The second kappa shape index (κ2) is 5.48. The first kappa shape index (κ1) is 13.9. The molecule has 2 unspecified atom stereocenters. The summed E-state index contributed by atoms with van der Waals surface area (Å²) in [5.41, 5.74) is 0.311. The first-order chi connectivity index (χ1) is 7.38. The van der Waals surface area contributed by atoms with Crippen molar-refractivity contribution in [2.75, 3.05) is 40.3 Å². The second-order valence-electron chi connectivity index (χ2n) is 5.98. The molecule has 3 heteroatoms. The number of hydrogen-bond donors (Lipinski definition) is 1. The third-order valence-electron chi connectivity index (χ3n) is 4.27. The van der Waals surface area contributed by atoms with E-state index in [1.165, 1.54) is 19.6 Å². The molecule has 0 aromatic rings. The molecule has 0 bridgehead atoms. The smallest absolute Gasteiger partial charge is 0.0277 e. The lowest BCUT2D eigenvalue weighted by molar-refractivity contribution is 0.00881. The topological polar surface area (TPSA) is 18.5 Å². The van der Waals surface area contributed by atoms with Crippen LogP contribution in [0.15, 0.2) is 0 Å². The summed E-state index contributed by atoms with van der Waals surface area (Å²) >= 11 is 0. The van der Waals surface area contributed by atoms with Crippen molar-refractivity contribution >= 4 is 0 Å². The maximum atomic E-state index is 3.28. The van der Waals surface area contributed by atoms with Crippen LogP contribution in [0.1, 0.15) is 27.7 Å². The molecule has 1 aliphatic heterocycles. The Bertz CT molecular complexity index is 215. The molecule has 2 atom stereocenters. The molecule has 1 aliphatic rings. The molecule has 3 nitrogen and oxygen atoms in total. The van der Waals surface area contributed by atoms with Gasteiger partial charge in [0.05, 0.1) is 0 Å². The number of hydrogen-bond acceptors (Lipinski definition) is 3. The highest BCUT2D eigenvalue weighted by Crippen LogP contribution is 2.22. The normalized spacial score (nSPS) is 26.6. The molecule has 0 amide bonds. The van der Waals surface area contributed by atoms with Crippen molar-refractivity contribution in [1.82, 2.24) is 15.1 Å². The van der Waals surface area contributed by atoms with E-state index < -0.39 is 0 Å². The quantitative estimate of drug-likeness (QED) is 0.780. The molecule has 0 spiro atoms. The van der Waals surface area contributed by atoms with Gasteiger partial charge in [0.1, 0.15) is 0 Å². The van der Waals surface area contributed by atoms with Crippen LogP contribution in [-0.2, 0) is 0 Å². The summed E-state index contributed by atoms with van der Waals surface area (Å²) in [6.45, 7) is 14.1. The zero-order valence-corrected chi connectivity index (χ0v) is 11.9. The van der Waals surface area contributed by atoms with Crippen LogP contribution in [0.25, 0.3) is 0 Å². The molecule has 1 fully saturated rings. The molecule has 1 saturated heterocycles. The zero-order chi connectivity index (χ0) is 12.3. The first-order valence-corrected chi connectivity index (χ1v) is 6.48. The van der Waals surface area contributed by atoms with Crippen molar-refractivity contribution in [3.8, 4) is 0 Å². The van der Waals surface area contributed by atoms with Gasteiger partial charge in [0, 0.05) is 31.2 Å². The Morgan fingerprint density at radius 2 is 1.88 bits per heavy atom.